The first-order valence-corrected chi connectivity index (χ1v) is 5.49. The minimum atomic E-state index is 0.176. The molecule has 96 valence electrons. The number of nitroso groups, excluding NO2 is 1. The average molecular weight is 245 g/mol. The van der Waals surface area contributed by atoms with Gasteiger partial charge in [-0.2, -0.15) is 0 Å². The van der Waals surface area contributed by atoms with Gasteiger partial charge in [-0.15, -0.1) is 4.91 Å². The summed E-state index contributed by atoms with van der Waals surface area (Å²) < 4.78 is 0. The Hall–Kier alpha value is -2.20. The number of hydrogen-bond donors (Lipinski definition) is 1. The predicted molar refractivity (Wildman–Crippen MR) is 77.0 cm³/mol. The molecule has 0 aromatic heterocycles. The third kappa shape index (κ3) is 4.35. The normalized spacial score (nSPS) is 13.6. The second-order valence-corrected chi connectivity index (χ2v) is 3.26. The molecule has 0 heterocycles. The quantitative estimate of drug-likeness (QED) is 0.323. The van der Waals surface area contributed by atoms with Gasteiger partial charge < -0.3 is 0 Å². The highest BCUT2D eigenvalue weighted by molar-refractivity contribution is 5.35. The maximum atomic E-state index is 10.7. The first kappa shape index (κ1) is 15.8. The first-order chi connectivity index (χ1) is 8.65. The van der Waals surface area contributed by atoms with Crippen LogP contribution in [-0.4, -0.2) is 5.01 Å². The third-order valence-corrected chi connectivity index (χ3v) is 2.04. The summed E-state index contributed by atoms with van der Waals surface area (Å²) in [7, 11) is 0. The Morgan fingerprint density at radius 2 is 1.83 bits per heavy atom. The minimum Gasteiger partial charge on any atom is -0.277 e. The zero-order valence-corrected chi connectivity index (χ0v) is 10.8. The van der Waals surface area contributed by atoms with Crippen LogP contribution >= 0.6 is 0 Å². The first-order valence-electron chi connectivity index (χ1n) is 5.49. The fourth-order valence-corrected chi connectivity index (χ4v) is 1.28. The summed E-state index contributed by atoms with van der Waals surface area (Å²) in [5.74, 6) is 5.98. The highest BCUT2D eigenvalue weighted by atomic mass is 16.3. The number of nitrogens with zero attached hydrogens (tertiary/aromatic N) is 2. The number of rotatable bonds is 7. The molecule has 2 N–H and O–H groups in total. The molecule has 0 fully saturated rings. The molecule has 0 aliphatic carbocycles. The van der Waals surface area contributed by atoms with Crippen LogP contribution in [-0.2, 0) is 0 Å². The molecule has 0 saturated carbocycles. The zero-order valence-electron chi connectivity index (χ0n) is 10.8. The van der Waals surface area contributed by atoms with E-state index in [4.69, 9.17) is 5.84 Å². The number of nitrogens with two attached hydrogens (primary N) is 1. The topological polar surface area (TPSA) is 58.7 Å². The molecule has 0 radical (unpaired) electrons. The second kappa shape index (κ2) is 8.90. The van der Waals surface area contributed by atoms with Gasteiger partial charge in [0.15, 0.2) is 0 Å². The van der Waals surface area contributed by atoms with E-state index in [9.17, 15) is 4.91 Å². The van der Waals surface area contributed by atoms with Crippen molar-refractivity contribution in [2.24, 2.45) is 11.0 Å². The molecule has 0 bridgehead atoms. The van der Waals surface area contributed by atoms with E-state index < -0.39 is 0 Å². The Kier molecular flexibility index (Phi) is 7.81. The van der Waals surface area contributed by atoms with E-state index in [0.717, 1.165) is 0 Å². The molecule has 0 aliphatic rings. The molecule has 0 saturated heterocycles. The van der Waals surface area contributed by atoms with Crippen molar-refractivity contribution < 1.29 is 0 Å². The minimum absolute atomic E-state index is 0.176. The maximum absolute atomic E-state index is 10.7. The van der Waals surface area contributed by atoms with E-state index in [2.05, 4.69) is 18.3 Å². The van der Waals surface area contributed by atoms with Gasteiger partial charge in [-0.3, -0.25) is 5.01 Å². The molecule has 0 atom stereocenters. The van der Waals surface area contributed by atoms with Gasteiger partial charge in [-0.1, -0.05) is 31.4 Å². The van der Waals surface area contributed by atoms with E-state index in [1.165, 1.54) is 11.1 Å². The number of hydrazine groups is 1. The predicted octanol–water partition coefficient (Wildman–Crippen LogP) is 3.55. The van der Waals surface area contributed by atoms with Gasteiger partial charge in [-0.05, 0) is 43.3 Å². The smallest absolute Gasteiger partial charge is 0.132 e. The average Bonchev–Trinajstić information content (AvgIpc) is 2.38. The molecule has 0 aromatic rings. The van der Waals surface area contributed by atoms with Gasteiger partial charge in [-0.25, -0.2) is 5.84 Å². The SMILES string of the molecule is C=C/C=C(\C=C/C)N(N)C(/C=C\C)=C(/C=C)N=O. The molecule has 0 unspecified atom stereocenters. The molecule has 4 heteroatoms. The van der Waals surface area contributed by atoms with Gasteiger partial charge >= 0.3 is 0 Å². The molecule has 0 amide bonds. The summed E-state index contributed by atoms with van der Waals surface area (Å²) in [5.41, 5.74) is 1.33. The van der Waals surface area contributed by atoms with Gasteiger partial charge in [0.1, 0.15) is 5.70 Å². The number of hydrogen-bond acceptors (Lipinski definition) is 4. The summed E-state index contributed by atoms with van der Waals surface area (Å²) in [6.07, 6.45) is 11.8. The maximum Gasteiger partial charge on any atom is 0.132 e. The van der Waals surface area contributed by atoms with Crippen LogP contribution in [0, 0.1) is 4.91 Å². The molecule has 0 rings (SSSR count). The van der Waals surface area contributed by atoms with Crippen molar-refractivity contribution in [1.29, 1.82) is 0 Å². The Morgan fingerprint density at radius 1 is 1.22 bits per heavy atom. The molecule has 0 aliphatic heterocycles. The van der Waals surface area contributed by atoms with Crippen LogP contribution in [0.4, 0.5) is 0 Å². The van der Waals surface area contributed by atoms with Crippen molar-refractivity contribution in [3.63, 3.8) is 0 Å². The van der Waals surface area contributed by atoms with Gasteiger partial charge in [0.25, 0.3) is 0 Å². The summed E-state index contributed by atoms with van der Waals surface area (Å²) in [6, 6.07) is 0. The lowest BCUT2D eigenvalue weighted by molar-refractivity contribution is 0.474. The summed E-state index contributed by atoms with van der Waals surface area (Å²) in [6.45, 7) is 10.9. The Labute approximate surface area is 108 Å². The highest BCUT2D eigenvalue weighted by Crippen LogP contribution is 2.17. The van der Waals surface area contributed by atoms with E-state index in [1.807, 2.05) is 19.9 Å². The van der Waals surface area contributed by atoms with Crippen LogP contribution in [0.3, 0.4) is 0 Å². The summed E-state index contributed by atoms with van der Waals surface area (Å²) in [5, 5.41) is 4.27. The lowest BCUT2D eigenvalue weighted by Crippen LogP contribution is -2.28. The molecular formula is C14H19N3O. The van der Waals surface area contributed by atoms with Crippen molar-refractivity contribution in [3.05, 3.63) is 77.7 Å². The summed E-state index contributed by atoms with van der Waals surface area (Å²) >= 11 is 0. The van der Waals surface area contributed by atoms with Crippen molar-refractivity contribution in [1.82, 2.24) is 5.01 Å². The van der Waals surface area contributed by atoms with Crippen LogP contribution in [0.15, 0.2) is 78.0 Å². The lowest BCUT2D eigenvalue weighted by atomic mass is 10.2. The Balaban J connectivity index is 5.71. The van der Waals surface area contributed by atoms with Crippen LogP contribution < -0.4 is 5.84 Å². The molecule has 18 heavy (non-hydrogen) atoms. The van der Waals surface area contributed by atoms with Crippen LogP contribution in [0.25, 0.3) is 0 Å². The van der Waals surface area contributed by atoms with Crippen molar-refractivity contribution in [3.8, 4) is 0 Å². The molecule has 0 aromatic carbocycles. The fraction of sp³-hybridized carbons (Fsp3) is 0.143. The molecular weight excluding hydrogens is 226 g/mol. The van der Waals surface area contributed by atoms with Crippen molar-refractivity contribution >= 4 is 0 Å². The van der Waals surface area contributed by atoms with Crippen LogP contribution in [0.2, 0.25) is 0 Å². The highest BCUT2D eigenvalue weighted by Gasteiger charge is 2.10. The van der Waals surface area contributed by atoms with E-state index in [-0.39, 0.29) is 5.70 Å². The largest absolute Gasteiger partial charge is 0.277 e. The Bertz CT molecular complexity index is 418. The van der Waals surface area contributed by atoms with E-state index >= 15 is 0 Å². The lowest BCUT2D eigenvalue weighted by Gasteiger charge is -2.21. The standard InChI is InChI=1S/C14H19N3O/c1-5-9-12(10-6-2)17(15)14(11-7-3)13(8-4)16-18/h5-11H,1,4,15H2,2-3H3/b10-6-,11-7-,12-9+,14-13-. The molecule has 4 nitrogen and oxygen atoms in total. The zero-order chi connectivity index (χ0) is 14.0. The van der Waals surface area contributed by atoms with Gasteiger partial charge in [0, 0.05) is 0 Å². The van der Waals surface area contributed by atoms with E-state index in [0.29, 0.717) is 11.4 Å². The van der Waals surface area contributed by atoms with Gasteiger partial charge in [0.05, 0.1) is 11.4 Å². The monoisotopic (exact) mass is 245 g/mol. The second-order valence-electron chi connectivity index (χ2n) is 3.26. The van der Waals surface area contributed by atoms with Crippen molar-refractivity contribution in [2.45, 2.75) is 13.8 Å². The van der Waals surface area contributed by atoms with Crippen LogP contribution in [0.1, 0.15) is 13.8 Å². The summed E-state index contributed by atoms with van der Waals surface area (Å²) in [4.78, 5) is 10.7. The fourth-order valence-electron chi connectivity index (χ4n) is 1.28. The van der Waals surface area contributed by atoms with Crippen LogP contribution in [0.5, 0.6) is 0 Å². The van der Waals surface area contributed by atoms with Gasteiger partial charge in [0.2, 0.25) is 0 Å². The van der Waals surface area contributed by atoms with Crippen molar-refractivity contribution in [2.75, 3.05) is 0 Å². The third-order valence-electron chi connectivity index (χ3n) is 2.04. The molecule has 0 spiro atoms. The Morgan fingerprint density at radius 3 is 2.22 bits per heavy atom. The number of allylic oxidation sites excluding steroid dienone is 7. The van der Waals surface area contributed by atoms with E-state index in [1.54, 1.807) is 30.4 Å².